The van der Waals surface area contributed by atoms with E-state index in [0.717, 1.165) is 0 Å². The Morgan fingerprint density at radius 3 is 2.89 bits per heavy atom. The van der Waals surface area contributed by atoms with E-state index in [0.29, 0.717) is 31.2 Å². The molecule has 1 atom stereocenters. The number of carbonyl (C=O) groups is 1. The van der Waals surface area contributed by atoms with Crippen molar-refractivity contribution in [2.45, 2.75) is 20.3 Å². The number of H-pyrrole nitrogens is 1. The molecule has 18 heavy (non-hydrogen) atoms. The third kappa shape index (κ3) is 2.37. The maximum Gasteiger partial charge on any atom is 0.306 e. The van der Waals surface area contributed by atoms with Crippen LogP contribution in [0.5, 0.6) is 0 Å². The minimum atomic E-state index is -0.771. The highest BCUT2D eigenvalue weighted by Gasteiger charge is 2.35. The zero-order chi connectivity index (χ0) is 13.3. The molecule has 2 rings (SSSR count). The molecule has 2 heterocycles. The zero-order valence-electron chi connectivity index (χ0n) is 10.5. The number of aliphatic carboxylic acids is 1. The fraction of sp³-hybridized carbons (Fsp3) is 0.583. The highest BCUT2D eigenvalue weighted by atomic mass is 16.4. The molecule has 1 saturated heterocycles. The Balaban J connectivity index is 2.06. The van der Waals surface area contributed by atoms with Crippen molar-refractivity contribution in [2.75, 3.05) is 18.0 Å². The summed E-state index contributed by atoms with van der Waals surface area (Å²) in [5.41, 5.74) is -0.161. The van der Waals surface area contributed by atoms with Crippen molar-refractivity contribution in [2.24, 2.45) is 11.8 Å². The van der Waals surface area contributed by atoms with Crippen LogP contribution in [0.15, 0.2) is 10.9 Å². The Kier molecular flexibility index (Phi) is 3.36. The van der Waals surface area contributed by atoms with Gasteiger partial charge in [-0.25, -0.2) is 4.98 Å². The molecular formula is C12H17N3O3. The van der Waals surface area contributed by atoms with Crippen LogP contribution in [0, 0.1) is 11.8 Å². The molecule has 1 aliphatic heterocycles. The largest absolute Gasteiger partial charge is 0.481 e. The van der Waals surface area contributed by atoms with Gasteiger partial charge < -0.3 is 15.0 Å². The van der Waals surface area contributed by atoms with Gasteiger partial charge in [0, 0.05) is 31.5 Å². The average Bonchev–Trinajstić information content (AvgIpc) is 2.25. The summed E-state index contributed by atoms with van der Waals surface area (Å²) in [4.78, 5) is 31.2. The van der Waals surface area contributed by atoms with Crippen molar-refractivity contribution in [1.82, 2.24) is 9.97 Å². The first-order valence-corrected chi connectivity index (χ1v) is 6.09. The highest BCUT2D eigenvalue weighted by molar-refractivity contribution is 5.70. The number of nitrogens with one attached hydrogen (secondary N) is 1. The molecule has 1 aliphatic rings. The van der Waals surface area contributed by atoms with Crippen LogP contribution in [0.2, 0.25) is 0 Å². The van der Waals surface area contributed by atoms with Crippen LogP contribution >= 0.6 is 0 Å². The zero-order valence-corrected chi connectivity index (χ0v) is 10.5. The summed E-state index contributed by atoms with van der Waals surface area (Å²) in [7, 11) is 0. The van der Waals surface area contributed by atoms with E-state index in [1.165, 1.54) is 6.07 Å². The van der Waals surface area contributed by atoms with E-state index in [1.54, 1.807) is 6.92 Å². The third-order valence-electron chi connectivity index (χ3n) is 3.44. The number of aryl methyl sites for hydroxylation is 1. The first-order valence-electron chi connectivity index (χ1n) is 6.09. The van der Waals surface area contributed by atoms with E-state index in [2.05, 4.69) is 9.97 Å². The average molecular weight is 251 g/mol. The van der Waals surface area contributed by atoms with Crippen LogP contribution in [0.4, 0.5) is 5.82 Å². The molecular weight excluding hydrogens is 234 g/mol. The van der Waals surface area contributed by atoms with E-state index in [9.17, 15) is 9.59 Å². The molecule has 0 spiro atoms. The molecule has 1 fully saturated rings. The summed E-state index contributed by atoms with van der Waals surface area (Å²) in [6.07, 6.45) is 0.672. The van der Waals surface area contributed by atoms with Crippen LogP contribution < -0.4 is 10.5 Å². The lowest BCUT2D eigenvalue weighted by molar-refractivity contribution is -0.143. The van der Waals surface area contributed by atoms with Gasteiger partial charge in [0.05, 0.1) is 5.92 Å². The van der Waals surface area contributed by atoms with Gasteiger partial charge in [-0.2, -0.15) is 0 Å². The predicted molar refractivity (Wildman–Crippen MR) is 66.7 cm³/mol. The lowest BCUT2D eigenvalue weighted by atomic mass is 9.87. The number of anilines is 1. The maximum absolute atomic E-state index is 11.4. The second kappa shape index (κ2) is 4.80. The number of aromatic amines is 1. The monoisotopic (exact) mass is 251 g/mol. The molecule has 6 heteroatoms. The first-order chi connectivity index (χ1) is 8.51. The first kappa shape index (κ1) is 12.6. The quantitative estimate of drug-likeness (QED) is 0.813. The molecule has 6 nitrogen and oxygen atoms in total. The molecule has 1 aromatic heterocycles. The summed E-state index contributed by atoms with van der Waals surface area (Å²) in [6, 6.07) is 1.46. The van der Waals surface area contributed by atoms with Crippen molar-refractivity contribution in [3.8, 4) is 0 Å². The minimum Gasteiger partial charge on any atom is -0.481 e. The fourth-order valence-corrected chi connectivity index (χ4v) is 2.04. The Morgan fingerprint density at radius 1 is 1.67 bits per heavy atom. The van der Waals surface area contributed by atoms with Crippen molar-refractivity contribution in [3.05, 3.63) is 22.2 Å². The van der Waals surface area contributed by atoms with Crippen LogP contribution in [-0.4, -0.2) is 34.1 Å². The van der Waals surface area contributed by atoms with Crippen molar-refractivity contribution >= 4 is 11.8 Å². The van der Waals surface area contributed by atoms with E-state index in [1.807, 2.05) is 11.8 Å². The molecule has 0 aromatic carbocycles. The van der Waals surface area contributed by atoms with Gasteiger partial charge in [0.2, 0.25) is 0 Å². The van der Waals surface area contributed by atoms with Crippen molar-refractivity contribution in [1.29, 1.82) is 0 Å². The Morgan fingerprint density at radius 2 is 2.33 bits per heavy atom. The van der Waals surface area contributed by atoms with Crippen molar-refractivity contribution in [3.63, 3.8) is 0 Å². The SMILES string of the molecule is CCc1nc(N2CC(C(C)C(=O)O)C2)cc(=O)[nH]1. The Hall–Kier alpha value is -1.85. The summed E-state index contributed by atoms with van der Waals surface area (Å²) in [6.45, 7) is 4.93. The van der Waals surface area contributed by atoms with Crippen LogP contribution in [0.1, 0.15) is 19.7 Å². The second-order valence-corrected chi connectivity index (χ2v) is 4.70. The molecule has 1 unspecified atom stereocenters. The summed E-state index contributed by atoms with van der Waals surface area (Å²) >= 11 is 0. The van der Waals surface area contributed by atoms with Gasteiger partial charge in [0.25, 0.3) is 5.56 Å². The summed E-state index contributed by atoms with van der Waals surface area (Å²) < 4.78 is 0. The van der Waals surface area contributed by atoms with Gasteiger partial charge in [-0.15, -0.1) is 0 Å². The molecule has 98 valence electrons. The number of rotatable bonds is 4. The molecule has 0 bridgehead atoms. The summed E-state index contributed by atoms with van der Waals surface area (Å²) in [5.74, 6) is 0.312. The highest BCUT2D eigenvalue weighted by Crippen LogP contribution is 2.27. The molecule has 0 saturated carbocycles. The van der Waals surface area contributed by atoms with Gasteiger partial charge in [-0.3, -0.25) is 9.59 Å². The van der Waals surface area contributed by atoms with Gasteiger partial charge in [0.1, 0.15) is 11.6 Å². The normalized spacial score (nSPS) is 17.3. The fourth-order valence-electron chi connectivity index (χ4n) is 2.04. The lowest BCUT2D eigenvalue weighted by Crippen LogP contribution is -2.51. The standard InChI is InChI=1S/C12H17N3O3/c1-3-9-13-10(4-11(16)14-9)15-5-8(6-15)7(2)12(17)18/h4,7-8H,3,5-6H2,1-2H3,(H,17,18)(H,13,14,16). The van der Waals surface area contributed by atoms with Crippen LogP contribution in [-0.2, 0) is 11.2 Å². The number of nitrogens with zero attached hydrogens (tertiary/aromatic N) is 2. The number of hydrogen-bond acceptors (Lipinski definition) is 4. The molecule has 0 aliphatic carbocycles. The van der Waals surface area contributed by atoms with E-state index >= 15 is 0 Å². The smallest absolute Gasteiger partial charge is 0.306 e. The molecule has 0 radical (unpaired) electrons. The number of hydrogen-bond donors (Lipinski definition) is 2. The van der Waals surface area contributed by atoms with Crippen LogP contribution in [0.3, 0.4) is 0 Å². The number of aromatic nitrogens is 2. The van der Waals surface area contributed by atoms with Crippen molar-refractivity contribution < 1.29 is 9.90 Å². The van der Waals surface area contributed by atoms with Crippen LogP contribution in [0.25, 0.3) is 0 Å². The topological polar surface area (TPSA) is 86.3 Å². The van der Waals surface area contributed by atoms with Gasteiger partial charge in [0.15, 0.2) is 0 Å². The minimum absolute atomic E-state index is 0.133. The van der Waals surface area contributed by atoms with Gasteiger partial charge in [-0.1, -0.05) is 13.8 Å². The third-order valence-corrected chi connectivity index (χ3v) is 3.44. The van der Waals surface area contributed by atoms with Gasteiger partial charge >= 0.3 is 5.97 Å². The van der Waals surface area contributed by atoms with E-state index in [4.69, 9.17) is 5.11 Å². The van der Waals surface area contributed by atoms with E-state index in [-0.39, 0.29) is 17.4 Å². The number of carboxylic acid groups (broad SMARTS) is 1. The van der Waals surface area contributed by atoms with E-state index < -0.39 is 5.97 Å². The number of carboxylic acids is 1. The van der Waals surface area contributed by atoms with Gasteiger partial charge in [-0.05, 0) is 0 Å². The second-order valence-electron chi connectivity index (χ2n) is 4.70. The maximum atomic E-state index is 11.4. The predicted octanol–water partition coefficient (Wildman–Crippen LogP) is 0.489. The Bertz CT molecular complexity index is 506. The lowest BCUT2D eigenvalue weighted by Gasteiger charge is -2.42. The molecule has 2 N–H and O–H groups in total. The molecule has 1 aromatic rings. The summed E-state index contributed by atoms with van der Waals surface area (Å²) in [5, 5.41) is 8.91. The molecule has 0 amide bonds. The Labute approximate surface area is 105 Å².